The van der Waals surface area contributed by atoms with Crippen molar-refractivity contribution in [1.82, 2.24) is 0 Å². The lowest BCUT2D eigenvalue weighted by Gasteiger charge is -2.24. The molecule has 0 spiro atoms. The molecule has 1 atom stereocenters. The van der Waals surface area contributed by atoms with E-state index in [1.54, 1.807) is 7.11 Å². The maximum atomic E-state index is 12.6. The molecule has 0 bridgehead atoms. The van der Waals surface area contributed by atoms with Gasteiger partial charge in [-0.05, 0) is 36.4 Å². The van der Waals surface area contributed by atoms with Crippen LogP contribution in [-0.4, -0.2) is 32.7 Å². The van der Waals surface area contributed by atoms with E-state index in [9.17, 15) is 4.79 Å². The Hall–Kier alpha value is -2.69. The largest absolute Gasteiger partial charge is 0.497 e. The first kappa shape index (κ1) is 16.2. The maximum Gasteiger partial charge on any atom is 0.231 e. The van der Waals surface area contributed by atoms with Gasteiger partial charge in [0.2, 0.25) is 5.91 Å². The van der Waals surface area contributed by atoms with Gasteiger partial charge in [-0.15, -0.1) is 0 Å². The summed E-state index contributed by atoms with van der Waals surface area (Å²) in [6.45, 7) is 3.53. The molecule has 1 amide bonds. The Bertz CT molecular complexity index is 700. The third kappa shape index (κ3) is 3.45. The van der Waals surface area contributed by atoms with Gasteiger partial charge >= 0.3 is 0 Å². The summed E-state index contributed by atoms with van der Waals surface area (Å²) in [6, 6.07) is 15.3. The van der Waals surface area contributed by atoms with Crippen molar-refractivity contribution in [2.45, 2.75) is 6.92 Å². The summed E-state index contributed by atoms with van der Waals surface area (Å²) in [5.74, 6) is 1.60. The van der Waals surface area contributed by atoms with E-state index in [4.69, 9.17) is 9.47 Å². The van der Waals surface area contributed by atoms with Crippen LogP contribution in [0.1, 0.15) is 6.92 Å². The number of anilines is 2. The van der Waals surface area contributed by atoms with Crippen molar-refractivity contribution in [3.05, 3.63) is 48.5 Å². The first-order valence-corrected chi connectivity index (χ1v) is 8.10. The number of nitrogens with one attached hydrogen (secondary N) is 1. The minimum absolute atomic E-state index is 0.0709. The summed E-state index contributed by atoms with van der Waals surface area (Å²) in [5.41, 5.74) is 1.89. The molecule has 0 saturated carbocycles. The highest BCUT2D eigenvalue weighted by Gasteiger charge is 2.26. The highest BCUT2D eigenvalue weighted by atomic mass is 16.5. The van der Waals surface area contributed by atoms with Crippen LogP contribution < -0.4 is 19.7 Å². The molecule has 0 aromatic heterocycles. The van der Waals surface area contributed by atoms with Crippen LogP contribution in [0.3, 0.4) is 0 Å². The Labute approximate surface area is 142 Å². The molecular formula is C19H22N2O3. The zero-order chi connectivity index (χ0) is 16.9. The number of rotatable bonds is 5. The monoisotopic (exact) mass is 326 g/mol. The Morgan fingerprint density at radius 1 is 1.12 bits per heavy atom. The van der Waals surface area contributed by atoms with Crippen LogP contribution in [0.25, 0.3) is 0 Å². The van der Waals surface area contributed by atoms with Gasteiger partial charge in [0.15, 0.2) is 0 Å². The average molecular weight is 326 g/mol. The molecule has 5 nitrogen and oxygen atoms in total. The molecule has 0 fully saturated rings. The van der Waals surface area contributed by atoms with E-state index in [-0.39, 0.29) is 11.8 Å². The summed E-state index contributed by atoms with van der Waals surface area (Å²) < 4.78 is 10.9. The third-order valence-corrected chi connectivity index (χ3v) is 4.12. The van der Waals surface area contributed by atoms with Gasteiger partial charge in [0.1, 0.15) is 18.1 Å². The van der Waals surface area contributed by atoms with Gasteiger partial charge in [-0.3, -0.25) is 4.79 Å². The van der Waals surface area contributed by atoms with Gasteiger partial charge in [-0.2, -0.15) is 0 Å². The SMILES string of the molecule is COc1ccc(OCCN2C(=O)[C@H](C)CNc3ccccc32)cc1. The summed E-state index contributed by atoms with van der Waals surface area (Å²) in [7, 11) is 1.63. The molecule has 2 aromatic rings. The maximum absolute atomic E-state index is 12.6. The molecule has 3 rings (SSSR count). The van der Waals surface area contributed by atoms with E-state index in [0.717, 1.165) is 22.9 Å². The molecule has 5 heteroatoms. The number of hydrogen-bond acceptors (Lipinski definition) is 4. The van der Waals surface area contributed by atoms with Gasteiger partial charge in [-0.1, -0.05) is 19.1 Å². The van der Waals surface area contributed by atoms with E-state index in [1.807, 2.05) is 60.4 Å². The fourth-order valence-corrected chi connectivity index (χ4v) is 2.75. The number of hydrogen-bond donors (Lipinski definition) is 1. The van der Waals surface area contributed by atoms with E-state index >= 15 is 0 Å². The molecule has 0 saturated heterocycles. The molecule has 1 N–H and O–H groups in total. The van der Waals surface area contributed by atoms with Gasteiger partial charge in [0.05, 0.1) is 30.9 Å². The van der Waals surface area contributed by atoms with Gasteiger partial charge in [-0.25, -0.2) is 0 Å². The highest BCUT2D eigenvalue weighted by Crippen LogP contribution is 2.29. The zero-order valence-corrected chi connectivity index (χ0v) is 14.0. The number of methoxy groups -OCH3 is 1. The number of nitrogens with zero attached hydrogens (tertiary/aromatic N) is 1. The first-order valence-electron chi connectivity index (χ1n) is 8.10. The fourth-order valence-electron chi connectivity index (χ4n) is 2.75. The predicted octanol–water partition coefficient (Wildman–Crippen LogP) is 3.17. The molecule has 1 heterocycles. The summed E-state index contributed by atoms with van der Waals surface area (Å²) >= 11 is 0. The molecule has 126 valence electrons. The second-order valence-electron chi connectivity index (χ2n) is 5.81. The van der Waals surface area contributed by atoms with Crippen LogP contribution in [0.15, 0.2) is 48.5 Å². The van der Waals surface area contributed by atoms with Crippen LogP contribution in [0, 0.1) is 5.92 Å². The van der Waals surface area contributed by atoms with Crippen molar-refractivity contribution >= 4 is 17.3 Å². The van der Waals surface area contributed by atoms with Crippen LogP contribution in [0.4, 0.5) is 11.4 Å². The van der Waals surface area contributed by atoms with Crippen molar-refractivity contribution in [2.75, 3.05) is 37.0 Å². The lowest BCUT2D eigenvalue weighted by molar-refractivity contribution is -0.121. The number of fused-ring (bicyclic) bond motifs is 1. The molecule has 0 unspecified atom stereocenters. The zero-order valence-electron chi connectivity index (χ0n) is 14.0. The van der Waals surface area contributed by atoms with Crippen LogP contribution in [0.5, 0.6) is 11.5 Å². The molecule has 0 radical (unpaired) electrons. The first-order chi connectivity index (χ1) is 11.7. The van der Waals surface area contributed by atoms with Crippen molar-refractivity contribution in [1.29, 1.82) is 0 Å². The van der Waals surface area contributed by atoms with Gasteiger partial charge < -0.3 is 19.7 Å². The minimum atomic E-state index is -0.0709. The van der Waals surface area contributed by atoms with Crippen molar-refractivity contribution < 1.29 is 14.3 Å². The molecule has 1 aliphatic heterocycles. The number of benzene rings is 2. The number of carbonyl (C=O) groups is 1. The third-order valence-electron chi connectivity index (χ3n) is 4.12. The van der Waals surface area contributed by atoms with Crippen LogP contribution >= 0.6 is 0 Å². The Balaban J connectivity index is 1.69. The van der Waals surface area contributed by atoms with Crippen molar-refractivity contribution in [3.63, 3.8) is 0 Å². The number of carbonyl (C=O) groups excluding carboxylic acids is 1. The lowest BCUT2D eigenvalue weighted by atomic mass is 10.1. The summed E-state index contributed by atoms with van der Waals surface area (Å²) in [6.07, 6.45) is 0. The average Bonchev–Trinajstić information content (AvgIpc) is 2.74. The Morgan fingerprint density at radius 3 is 2.58 bits per heavy atom. The second kappa shape index (κ2) is 7.25. The molecular weight excluding hydrogens is 304 g/mol. The van der Waals surface area contributed by atoms with Crippen LogP contribution in [-0.2, 0) is 4.79 Å². The molecule has 1 aliphatic rings. The van der Waals surface area contributed by atoms with E-state index in [2.05, 4.69) is 5.32 Å². The standard InChI is InChI=1S/C19H22N2O3/c1-14-13-20-17-5-3-4-6-18(17)21(19(14)22)11-12-24-16-9-7-15(23-2)8-10-16/h3-10,14,20H,11-13H2,1-2H3/t14-/m1/s1. The van der Waals surface area contributed by atoms with E-state index in [0.29, 0.717) is 19.7 Å². The van der Waals surface area contributed by atoms with E-state index in [1.165, 1.54) is 0 Å². The number of amides is 1. The fraction of sp³-hybridized carbons (Fsp3) is 0.316. The Kier molecular flexibility index (Phi) is 4.89. The second-order valence-corrected chi connectivity index (χ2v) is 5.81. The van der Waals surface area contributed by atoms with Crippen molar-refractivity contribution in [2.24, 2.45) is 5.92 Å². The topological polar surface area (TPSA) is 50.8 Å². The quantitative estimate of drug-likeness (QED) is 0.917. The van der Waals surface area contributed by atoms with E-state index < -0.39 is 0 Å². The smallest absolute Gasteiger partial charge is 0.231 e. The summed E-state index contributed by atoms with van der Waals surface area (Å²) in [4.78, 5) is 14.5. The Morgan fingerprint density at radius 2 is 1.83 bits per heavy atom. The molecule has 0 aliphatic carbocycles. The van der Waals surface area contributed by atoms with Crippen molar-refractivity contribution in [3.8, 4) is 11.5 Å². The van der Waals surface area contributed by atoms with Crippen LogP contribution in [0.2, 0.25) is 0 Å². The lowest BCUT2D eigenvalue weighted by Crippen LogP contribution is -2.38. The molecule has 2 aromatic carbocycles. The normalized spacial score (nSPS) is 16.8. The van der Waals surface area contributed by atoms with Gasteiger partial charge in [0.25, 0.3) is 0 Å². The minimum Gasteiger partial charge on any atom is -0.497 e. The summed E-state index contributed by atoms with van der Waals surface area (Å²) in [5, 5.41) is 3.34. The number of para-hydroxylation sites is 2. The predicted molar refractivity (Wildman–Crippen MR) is 94.9 cm³/mol. The van der Waals surface area contributed by atoms with Gasteiger partial charge in [0, 0.05) is 6.54 Å². The highest BCUT2D eigenvalue weighted by molar-refractivity contribution is 5.99. The number of ether oxygens (including phenoxy) is 2. The molecule has 24 heavy (non-hydrogen) atoms.